The van der Waals surface area contributed by atoms with Gasteiger partial charge in [0.1, 0.15) is 5.75 Å². The SMILES string of the molecule is CC(CO)[C@H]1CC[C@H]2[C@@H]3CCc4cc(O)c(C=O)cc4[C@H]3CC[C@]12C. The van der Waals surface area contributed by atoms with E-state index in [1.165, 1.54) is 43.2 Å². The van der Waals surface area contributed by atoms with Gasteiger partial charge in [-0.25, -0.2) is 0 Å². The van der Waals surface area contributed by atoms with Crippen molar-refractivity contribution in [3.8, 4) is 5.75 Å². The van der Waals surface area contributed by atoms with E-state index >= 15 is 0 Å². The van der Waals surface area contributed by atoms with Gasteiger partial charge >= 0.3 is 0 Å². The van der Waals surface area contributed by atoms with E-state index in [1.54, 1.807) is 0 Å². The number of phenolic OH excluding ortho intramolecular Hbond substituents is 1. The highest BCUT2D eigenvalue weighted by Crippen LogP contribution is 2.64. The van der Waals surface area contributed by atoms with Crippen molar-refractivity contribution in [1.29, 1.82) is 0 Å². The van der Waals surface area contributed by atoms with Crippen molar-refractivity contribution in [2.45, 2.75) is 58.3 Å². The van der Waals surface area contributed by atoms with Crippen LogP contribution in [0.3, 0.4) is 0 Å². The number of carbonyl (C=O) groups excluding carboxylic acids is 1. The number of rotatable bonds is 3. The van der Waals surface area contributed by atoms with E-state index in [2.05, 4.69) is 13.8 Å². The molecule has 0 heterocycles. The Morgan fingerprint density at radius 1 is 1.28 bits per heavy atom. The van der Waals surface area contributed by atoms with Crippen molar-refractivity contribution in [2.75, 3.05) is 6.61 Å². The van der Waals surface area contributed by atoms with Gasteiger partial charge in [-0.3, -0.25) is 4.79 Å². The summed E-state index contributed by atoms with van der Waals surface area (Å²) in [5, 5.41) is 19.7. The van der Waals surface area contributed by atoms with E-state index in [0.29, 0.717) is 41.3 Å². The van der Waals surface area contributed by atoms with Crippen LogP contribution >= 0.6 is 0 Å². The van der Waals surface area contributed by atoms with Crippen molar-refractivity contribution >= 4 is 6.29 Å². The lowest BCUT2D eigenvalue weighted by Gasteiger charge is -2.52. The second-order valence-corrected chi connectivity index (χ2v) is 9.03. The lowest BCUT2D eigenvalue weighted by atomic mass is 9.53. The molecule has 6 atom stereocenters. The molecule has 0 spiro atoms. The fourth-order valence-electron chi connectivity index (χ4n) is 6.82. The number of hydrogen-bond donors (Lipinski definition) is 2. The normalized spacial score (nSPS) is 37.7. The zero-order chi connectivity index (χ0) is 17.8. The maximum atomic E-state index is 11.3. The van der Waals surface area contributed by atoms with Crippen LogP contribution in [0.5, 0.6) is 5.75 Å². The van der Waals surface area contributed by atoms with Crippen LogP contribution in [-0.4, -0.2) is 23.1 Å². The molecule has 3 nitrogen and oxygen atoms in total. The Bertz CT molecular complexity index is 682. The predicted molar refractivity (Wildman–Crippen MR) is 97.9 cm³/mol. The molecule has 0 radical (unpaired) electrons. The number of phenols is 1. The number of carbonyl (C=O) groups is 1. The number of hydrogen-bond acceptors (Lipinski definition) is 3. The van der Waals surface area contributed by atoms with Gasteiger partial charge in [-0.1, -0.05) is 13.8 Å². The molecular formula is C22H30O3. The predicted octanol–water partition coefficient (Wildman–Crippen LogP) is 4.31. The molecule has 136 valence electrons. The third kappa shape index (κ3) is 2.46. The third-order valence-electron chi connectivity index (χ3n) is 8.05. The molecule has 0 amide bonds. The Hall–Kier alpha value is -1.35. The number of aliphatic hydroxyl groups excluding tert-OH is 1. The summed E-state index contributed by atoms with van der Waals surface area (Å²) < 4.78 is 0. The van der Waals surface area contributed by atoms with Gasteiger partial charge in [-0.2, -0.15) is 0 Å². The Balaban J connectivity index is 1.67. The Labute approximate surface area is 150 Å². The highest BCUT2D eigenvalue weighted by atomic mass is 16.3. The van der Waals surface area contributed by atoms with E-state index in [9.17, 15) is 15.0 Å². The average Bonchev–Trinajstić information content (AvgIpc) is 2.97. The summed E-state index contributed by atoms with van der Waals surface area (Å²) >= 11 is 0. The summed E-state index contributed by atoms with van der Waals surface area (Å²) in [5.41, 5.74) is 3.35. The molecular weight excluding hydrogens is 312 g/mol. The monoisotopic (exact) mass is 342 g/mol. The van der Waals surface area contributed by atoms with Gasteiger partial charge in [0, 0.05) is 6.61 Å². The highest BCUT2D eigenvalue weighted by molar-refractivity contribution is 5.80. The zero-order valence-corrected chi connectivity index (χ0v) is 15.4. The molecule has 0 aliphatic heterocycles. The lowest BCUT2D eigenvalue weighted by Crippen LogP contribution is -2.44. The van der Waals surface area contributed by atoms with Gasteiger partial charge in [-0.05, 0) is 96.8 Å². The van der Waals surface area contributed by atoms with Crippen LogP contribution in [0.2, 0.25) is 0 Å². The largest absolute Gasteiger partial charge is 0.507 e. The van der Waals surface area contributed by atoms with Gasteiger partial charge in [0.05, 0.1) is 5.56 Å². The highest BCUT2D eigenvalue weighted by Gasteiger charge is 2.55. The van der Waals surface area contributed by atoms with Crippen LogP contribution in [-0.2, 0) is 6.42 Å². The van der Waals surface area contributed by atoms with Gasteiger partial charge in [0.15, 0.2) is 6.29 Å². The maximum Gasteiger partial charge on any atom is 0.153 e. The van der Waals surface area contributed by atoms with E-state index in [0.717, 1.165) is 18.6 Å². The number of aromatic hydroxyl groups is 1. The summed E-state index contributed by atoms with van der Waals surface area (Å²) in [6, 6.07) is 3.79. The number of aryl methyl sites for hydroxylation is 1. The van der Waals surface area contributed by atoms with Crippen LogP contribution in [0.4, 0.5) is 0 Å². The fraction of sp³-hybridized carbons (Fsp3) is 0.682. The number of fused-ring (bicyclic) bond motifs is 5. The van der Waals surface area contributed by atoms with E-state index in [1.807, 2.05) is 12.1 Å². The second-order valence-electron chi connectivity index (χ2n) is 9.03. The summed E-state index contributed by atoms with van der Waals surface area (Å²) in [4.78, 5) is 11.3. The van der Waals surface area contributed by atoms with Crippen LogP contribution in [0.25, 0.3) is 0 Å². The van der Waals surface area contributed by atoms with Crippen LogP contribution in [0, 0.1) is 29.1 Å². The Morgan fingerprint density at radius 3 is 2.80 bits per heavy atom. The van der Waals surface area contributed by atoms with Gasteiger partial charge in [0.2, 0.25) is 0 Å². The Morgan fingerprint density at radius 2 is 2.08 bits per heavy atom. The quantitative estimate of drug-likeness (QED) is 0.805. The summed E-state index contributed by atoms with van der Waals surface area (Å²) in [6.45, 7) is 4.98. The molecule has 3 aliphatic carbocycles. The van der Waals surface area contributed by atoms with Crippen LogP contribution < -0.4 is 0 Å². The molecule has 2 N–H and O–H groups in total. The first kappa shape index (κ1) is 17.1. The summed E-state index contributed by atoms with van der Waals surface area (Å²) in [7, 11) is 0. The molecule has 2 saturated carbocycles. The first-order valence-corrected chi connectivity index (χ1v) is 9.91. The smallest absolute Gasteiger partial charge is 0.153 e. The lowest BCUT2D eigenvalue weighted by molar-refractivity contribution is 0.00156. The van der Waals surface area contributed by atoms with Crippen molar-refractivity contribution in [3.63, 3.8) is 0 Å². The second kappa shape index (κ2) is 6.12. The van der Waals surface area contributed by atoms with Gasteiger partial charge in [0.25, 0.3) is 0 Å². The van der Waals surface area contributed by atoms with Crippen molar-refractivity contribution in [1.82, 2.24) is 0 Å². The van der Waals surface area contributed by atoms with E-state index in [-0.39, 0.29) is 5.75 Å². The third-order valence-corrected chi connectivity index (χ3v) is 8.05. The molecule has 3 heteroatoms. The topological polar surface area (TPSA) is 57.5 Å². The molecule has 4 rings (SSSR count). The minimum absolute atomic E-state index is 0.130. The minimum Gasteiger partial charge on any atom is -0.507 e. The summed E-state index contributed by atoms with van der Waals surface area (Å²) in [5.74, 6) is 3.10. The van der Waals surface area contributed by atoms with E-state index < -0.39 is 0 Å². The Kier molecular flexibility index (Phi) is 4.18. The van der Waals surface area contributed by atoms with E-state index in [4.69, 9.17) is 0 Å². The van der Waals surface area contributed by atoms with Crippen LogP contribution in [0.15, 0.2) is 12.1 Å². The molecule has 0 saturated heterocycles. The minimum atomic E-state index is 0.130. The maximum absolute atomic E-state index is 11.3. The van der Waals surface area contributed by atoms with Gasteiger partial charge in [-0.15, -0.1) is 0 Å². The van der Waals surface area contributed by atoms with Crippen molar-refractivity contribution < 1.29 is 15.0 Å². The molecule has 1 unspecified atom stereocenters. The standard InChI is InChI=1S/C22H30O3/c1-13(11-23)19-5-6-20-17-4-3-14-10-21(25)15(12-24)9-18(14)16(17)7-8-22(19,20)2/h9-10,12-13,16-17,19-20,23,25H,3-8,11H2,1-2H3/t13?,16-,17+,19+,20-,22+/m0/s1. The number of aldehydes is 1. The van der Waals surface area contributed by atoms with Gasteiger partial charge < -0.3 is 10.2 Å². The molecule has 0 bridgehead atoms. The first-order valence-electron chi connectivity index (χ1n) is 9.91. The molecule has 0 aromatic heterocycles. The zero-order valence-electron chi connectivity index (χ0n) is 15.4. The van der Waals surface area contributed by atoms with Crippen molar-refractivity contribution in [3.05, 3.63) is 28.8 Å². The number of benzene rings is 1. The average molecular weight is 342 g/mol. The molecule has 2 fully saturated rings. The molecule has 25 heavy (non-hydrogen) atoms. The van der Waals surface area contributed by atoms with Crippen molar-refractivity contribution in [2.24, 2.45) is 29.1 Å². The first-order chi connectivity index (χ1) is 12.0. The van der Waals surface area contributed by atoms with Crippen LogP contribution in [0.1, 0.15) is 73.4 Å². The molecule has 1 aromatic rings. The summed E-state index contributed by atoms with van der Waals surface area (Å²) in [6.07, 6.45) is 7.89. The fourth-order valence-corrected chi connectivity index (χ4v) is 6.82. The molecule has 1 aromatic carbocycles. The molecule has 3 aliphatic rings. The number of aliphatic hydroxyl groups is 1.